The molecule has 0 aromatic heterocycles. The number of piperazine rings is 2. The molecule has 2 aliphatic heterocycles. The van der Waals surface area contributed by atoms with Crippen LogP contribution in [0, 0.1) is 0 Å². The fourth-order valence-electron chi connectivity index (χ4n) is 3.65. The van der Waals surface area contributed by atoms with E-state index in [4.69, 9.17) is 0 Å². The summed E-state index contributed by atoms with van der Waals surface area (Å²) in [7, 11) is 0. The van der Waals surface area contributed by atoms with E-state index in [0.29, 0.717) is 38.8 Å². The van der Waals surface area contributed by atoms with Gasteiger partial charge in [0, 0.05) is 65.3 Å². The minimum atomic E-state index is -0.323. The van der Waals surface area contributed by atoms with E-state index >= 15 is 0 Å². The Morgan fingerprint density at radius 3 is 2.12 bits per heavy atom. The Bertz CT molecular complexity index is 449. The zero-order valence-corrected chi connectivity index (χ0v) is 15.4. The van der Waals surface area contributed by atoms with E-state index in [1.54, 1.807) is 11.8 Å². The summed E-state index contributed by atoms with van der Waals surface area (Å²) in [6.45, 7) is 13.3. The first-order chi connectivity index (χ1) is 11.3. The van der Waals surface area contributed by atoms with Crippen LogP contribution in [-0.4, -0.2) is 107 Å². The van der Waals surface area contributed by atoms with Gasteiger partial charge in [-0.3, -0.25) is 19.4 Å². The monoisotopic (exact) mass is 340 g/mol. The van der Waals surface area contributed by atoms with Crippen molar-refractivity contribution in [2.75, 3.05) is 52.4 Å². The van der Waals surface area contributed by atoms with Crippen molar-refractivity contribution in [3.8, 4) is 0 Å². The van der Waals surface area contributed by atoms with E-state index in [0.717, 1.165) is 19.6 Å². The van der Waals surface area contributed by atoms with E-state index in [1.165, 1.54) is 0 Å². The van der Waals surface area contributed by atoms with Gasteiger partial charge < -0.3 is 14.9 Å². The molecule has 138 valence electrons. The summed E-state index contributed by atoms with van der Waals surface area (Å²) in [4.78, 5) is 32.4. The summed E-state index contributed by atoms with van der Waals surface area (Å²) in [5.74, 6) is 0.243. The van der Waals surface area contributed by atoms with Crippen LogP contribution in [0.3, 0.4) is 0 Å². The van der Waals surface area contributed by atoms with Gasteiger partial charge in [-0.2, -0.15) is 0 Å². The fourth-order valence-corrected chi connectivity index (χ4v) is 3.65. The molecule has 2 aliphatic rings. The van der Waals surface area contributed by atoms with Gasteiger partial charge in [-0.25, -0.2) is 0 Å². The van der Waals surface area contributed by atoms with Gasteiger partial charge >= 0.3 is 0 Å². The molecule has 7 heteroatoms. The third-order valence-corrected chi connectivity index (χ3v) is 5.24. The lowest BCUT2D eigenvalue weighted by Gasteiger charge is -2.44. The number of amides is 2. The molecule has 0 bridgehead atoms. The maximum Gasteiger partial charge on any atom is 0.239 e. The number of aliphatic hydroxyl groups is 1. The second kappa shape index (κ2) is 8.27. The van der Waals surface area contributed by atoms with Gasteiger partial charge in [-0.05, 0) is 20.8 Å². The molecule has 0 unspecified atom stereocenters. The molecule has 0 spiro atoms. The van der Waals surface area contributed by atoms with Gasteiger partial charge in [-0.15, -0.1) is 0 Å². The molecule has 0 aliphatic carbocycles. The van der Waals surface area contributed by atoms with Crippen LogP contribution in [0.5, 0.6) is 0 Å². The first-order valence-electron chi connectivity index (χ1n) is 9.00. The van der Waals surface area contributed by atoms with Crippen LogP contribution in [0.1, 0.15) is 27.7 Å². The van der Waals surface area contributed by atoms with Crippen molar-refractivity contribution in [1.29, 1.82) is 0 Å². The summed E-state index contributed by atoms with van der Waals surface area (Å²) in [6.07, 6.45) is -0.323. The predicted octanol–water partition coefficient (Wildman–Crippen LogP) is -0.547. The van der Waals surface area contributed by atoms with Crippen molar-refractivity contribution in [2.24, 2.45) is 0 Å². The quantitative estimate of drug-likeness (QED) is 0.744. The van der Waals surface area contributed by atoms with E-state index < -0.39 is 0 Å². The van der Waals surface area contributed by atoms with Crippen LogP contribution < -0.4 is 0 Å². The van der Waals surface area contributed by atoms with Crippen LogP contribution in [0.4, 0.5) is 0 Å². The molecule has 0 aromatic carbocycles. The van der Waals surface area contributed by atoms with Crippen LogP contribution >= 0.6 is 0 Å². The van der Waals surface area contributed by atoms with Crippen molar-refractivity contribution in [3.63, 3.8) is 0 Å². The molecule has 2 rings (SSSR count). The number of hydrogen-bond donors (Lipinski definition) is 1. The van der Waals surface area contributed by atoms with E-state index in [1.807, 2.05) is 18.7 Å². The summed E-state index contributed by atoms with van der Waals surface area (Å²) >= 11 is 0. The zero-order chi connectivity index (χ0) is 17.9. The van der Waals surface area contributed by atoms with E-state index in [2.05, 4.69) is 16.7 Å². The van der Waals surface area contributed by atoms with Gasteiger partial charge in [-0.1, -0.05) is 0 Å². The first-order valence-corrected chi connectivity index (χ1v) is 9.00. The van der Waals surface area contributed by atoms with Crippen molar-refractivity contribution < 1.29 is 14.7 Å². The molecule has 2 fully saturated rings. The largest absolute Gasteiger partial charge is 0.392 e. The minimum Gasteiger partial charge on any atom is -0.392 e. The Kier molecular flexibility index (Phi) is 6.60. The standard InChI is InChI=1S/C17H32N4O3/c1-13-11-21(10-9-20(13)12-14(2)22)15(3)17(24)19-7-5-18(6-8-19)16(4)23/h13-15,22H,5-12H2,1-4H3/t13-,14+,15-/m0/s1. The molecule has 3 atom stereocenters. The Morgan fingerprint density at radius 2 is 1.62 bits per heavy atom. The van der Waals surface area contributed by atoms with Gasteiger partial charge in [0.05, 0.1) is 12.1 Å². The third-order valence-electron chi connectivity index (χ3n) is 5.24. The lowest BCUT2D eigenvalue weighted by Crippen LogP contribution is -2.60. The molecular weight excluding hydrogens is 308 g/mol. The Balaban J connectivity index is 1.85. The average Bonchev–Trinajstić information content (AvgIpc) is 2.55. The molecule has 1 N–H and O–H groups in total. The van der Waals surface area contributed by atoms with Crippen molar-refractivity contribution in [1.82, 2.24) is 19.6 Å². The first kappa shape index (κ1) is 19.1. The predicted molar refractivity (Wildman–Crippen MR) is 92.6 cm³/mol. The highest BCUT2D eigenvalue weighted by atomic mass is 16.3. The molecule has 2 heterocycles. The maximum absolute atomic E-state index is 12.8. The number of carbonyl (C=O) groups is 2. The average molecular weight is 340 g/mol. The number of rotatable bonds is 4. The number of nitrogens with zero attached hydrogens (tertiary/aromatic N) is 4. The molecule has 2 saturated heterocycles. The zero-order valence-electron chi connectivity index (χ0n) is 15.4. The van der Waals surface area contributed by atoms with Crippen LogP contribution in [-0.2, 0) is 9.59 Å². The fraction of sp³-hybridized carbons (Fsp3) is 0.882. The summed E-state index contributed by atoms with van der Waals surface area (Å²) in [6, 6.07) is 0.197. The second-order valence-electron chi connectivity index (χ2n) is 7.20. The smallest absolute Gasteiger partial charge is 0.239 e. The molecule has 2 amide bonds. The van der Waals surface area contributed by atoms with Crippen molar-refractivity contribution >= 4 is 11.8 Å². The summed E-state index contributed by atoms with van der Waals surface area (Å²) < 4.78 is 0. The topological polar surface area (TPSA) is 67.3 Å². The minimum absolute atomic E-state index is 0.0817. The second-order valence-corrected chi connectivity index (χ2v) is 7.20. The highest BCUT2D eigenvalue weighted by molar-refractivity contribution is 5.82. The number of β-amino-alcohol motifs (C(OH)–C–C–N with tert-alkyl or cyclic N) is 1. The van der Waals surface area contributed by atoms with Crippen LogP contribution in [0.15, 0.2) is 0 Å². The normalized spacial score (nSPS) is 26.3. The number of aliphatic hydroxyl groups excluding tert-OH is 1. The molecular formula is C17H32N4O3. The summed E-state index contributed by atoms with van der Waals surface area (Å²) in [5.41, 5.74) is 0. The number of hydrogen-bond acceptors (Lipinski definition) is 5. The Labute approximate surface area is 145 Å². The van der Waals surface area contributed by atoms with Crippen molar-refractivity contribution in [2.45, 2.75) is 45.9 Å². The maximum atomic E-state index is 12.8. The SMILES string of the molecule is CC(=O)N1CCN(C(=O)[C@H](C)N2CCN(C[C@@H](C)O)[C@@H](C)C2)CC1. The third kappa shape index (κ3) is 4.68. The van der Waals surface area contributed by atoms with E-state index in [9.17, 15) is 14.7 Å². The van der Waals surface area contributed by atoms with Crippen LogP contribution in [0.2, 0.25) is 0 Å². The number of carbonyl (C=O) groups excluding carboxylic acids is 2. The molecule has 0 radical (unpaired) electrons. The Morgan fingerprint density at radius 1 is 1.04 bits per heavy atom. The lowest BCUT2D eigenvalue weighted by molar-refractivity contribution is -0.142. The van der Waals surface area contributed by atoms with Gasteiger partial charge in [0.1, 0.15) is 0 Å². The highest BCUT2D eigenvalue weighted by Gasteiger charge is 2.33. The molecule has 0 aromatic rings. The lowest BCUT2D eigenvalue weighted by atomic mass is 10.1. The summed E-state index contributed by atoms with van der Waals surface area (Å²) in [5, 5.41) is 9.57. The highest BCUT2D eigenvalue weighted by Crippen LogP contribution is 2.15. The molecule has 0 saturated carbocycles. The van der Waals surface area contributed by atoms with Crippen molar-refractivity contribution in [3.05, 3.63) is 0 Å². The van der Waals surface area contributed by atoms with Gasteiger partial charge in [0.2, 0.25) is 11.8 Å². The van der Waals surface area contributed by atoms with Gasteiger partial charge in [0.15, 0.2) is 0 Å². The van der Waals surface area contributed by atoms with E-state index in [-0.39, 0.29) is 24.0 Å². The Hall–Kier alpha value is -1.18. The van der Waals surface area contributed by atoms with Crippen LogP contribution in [0.25, 0.3) is 0 Å². The molecule has 24 heavy (non-hydrogen) atoms. The molecule has 7 nitrogen and oxygen atoms in total. The van der Waals surface area contributed by atoms with Gasteiger partial charge in [0.25, 0.3) is 0 Å².